The molecule has 2 aromatic heterocycles. The Balaban J connectivity index is 1.31. The minimum Gasteiger partial charge on any atom is -0.455 e. The first-order chi connectivity index (χ1) is 22.3. The van der Waals surface area contributed by atoms with Crippen LogP contribution in [0.2, 0.25) is 0 Å². The molecule has 0 radical (unpaired) electrons. The lowest BCUT2D eigenvalue weighted by Crippen LogP contribution is -2.10. The molecule has 0 saturated carbocycles. The Morgan fingerprint density at radius 1 is 0.467 bits per heavy atom. The first-order valence-electron chi connectivity index (χ1n) is 15.0. The Labute approximate surface area is 259 Å². The molecule has 9 rings (SSSR count). The van der Waals surface area contributed by atoms with E-state index in [2.05, 4.69) is 120 Å². The maximum Gasteiger partial charge on any atom is 0.227 e. The van der Waals surface area contributed by atoms with Crippen molar-refractivity contribution in [2.75, 3.05) is 4.90 Å². The monoisotopic (exact) mass is 578 g/mol. The second-order valence-corrected chi connectivity index (χ2v) is 11.2. The number of oxazole rings is 1. The Kier molecular flexibility index (Phi) is 5.78. The molecule has 7 aromatic carbocycles. The van der Waals surface area contributed by atoms with Gasteiger partial charge in [-0.15, -0.1) is 0 Å². The molecule has 9 aromatic rings. The first-order valence-corrected chi connectivity index (χ1v) is 15.0. The van der Waals surface area contributed by atoms with Gasteiger partial charge in [0.2, 0.25) is 5.89 Å². The van der Waals surface area contributed by atoms with Gasteiger partial charge >= 0.3 is 0 Å². The van der Waals surface area contributed by atoms with E-state index in [1.807, 2.05) is 42.5 Å². The zero-order valence-electron chi connectivity index (χ0n) is 24.2. The molecule has 0 atom stereocenters. The molecular weight excluding hydrogens is 552 g/mol. The van der Waals surface area contributed by atoms with E-state index in [4.69, 9.17) is 13.8 Å². The van der Waals surface area contributed by atoms with Crippen molar-refractivity contribution in [3.05, 3.63) is 158 Å². The number of hydrogen-bond donors (Lipinski definition) is 0. The smallest absolute Gasteiger partial charge is 0.227 e. The minimum absolute atomic E-state index is 0.589. The Morgan fingerprint density at radius 3 is 1.96 bits per heavy atom. The van der Waals surface area contributed by atoms with Gasteiger partial charge in [0.05, 0.1) is 11.1 Å². The number of para-hydroxylation sites is 3. The Bertz CT molecular complexity index is 2440. The van der Waals surface area contributed by atoms with E-state index in [0.29, 0.717) is 5.89 Å². The number of furan rings is 1. The molecule has 0 saturated heterocycles. The van der Waals surface area contributed by atoms with Crippen molar-refractivity contribution >= 4 is 60.9 Å². The van der Waals surface area contributed by atoms with E-state index in [1.54, 1.807) is 0 Å². The largest absolute Gasteiger partial charge is 0.455 e. The van der Waals surface area contributed by atoms with Crippen molar-refractivity contribution in [2.24, 2.45) is 0 Å². The predicted octanol–water partition coefficient (Wildman–Crippen LogP) is 11.7. The molecule has 4 nitrogen and oxygen atoms in total. The van der Waals surface area contributed by atoms with Crippen LogP contribution in [0.3, 0.4) is 0 Å². The summed E-state index contributed by atoms with van der Waals surface area (Å²) in [5.41, 5.74) is 9.70. The van der Waals surface area contributed by atoms with Crippen LogP contribution in [0.1, 0.15) is 0 Å². The van der Waals surface area contributed by atoms with Crippen LogP contribution in [0.5, 0.6) is 0 Å². The number of anilines is 3. The van der Waals surface area contributed by atoms with Crippen LogP contribution >= 0.6 is 0 Å². The van der Waals surface area contributed by atoms with E-state index in [9.17, 15) is 0 Å². The highest BCUT2D eigenvalue weighted by Gasteiger charge is 2.22. The maximum absolute atomic E-state index is 6.68. The molecule has 0 aliphatic heterocycles. The van der Waals surface area contributed by atoms with Gasteiger partial charge in [0, 0.05) is 27.7 Å². The Morgan fingerprint density at radius 2 is 1.13 bits per heavy atom. The van der Waals surface area contributed by atoms with Crippen molar-refractivity contribution in [1.82, 2.24) is 4.98 Å². The summed E-state index contributed by atoms with van der Waals surface area (Å²) >= 11 is 0. The van der Waals surface area contributed by atoms with Crippen molar-refractivity contribution in [1.29, 1.82) is 0 Å². The minimum atomic E-state index is 0.589. The standard InChI is InChI=1S/C41H26N2O2/c1-3-11-27(12-4-1)28-19-22-32(23-20-28)43(31-14-5-2-6-15-31)36-26-29-13-7-8-16-33(29)40-39(36)34-25-30(21-24-37(34)44-40)41-42-35-17-9-10-18-38(35)45-41/h1-26H. The Hall–Kier alpha value is -6.13. The normalized spacial score (nSPS) is 11.6. The van der Waals surface area contributed by atoms with Gasteiger partial charge in [0.25, 0.3) is 0 Å². The molecule has 212 valence electrons. The number of fused-ring (bicyclic) bond motifs is 6. The summed E-state index contributed by atoms with van der Waals surface area (Å²) in [6.45, 7) is 0. The van der Waals surface area contributed by atoms with Gasteiger partial charge in [-0.3, -0.25) is 0 Å². The van der Waals surface area contributed by atoms with Gasteiger partial charge in [0.1, 0.15) is 16.7 Å². The average Bonchev–Trinajstić information content (AvgIpc) is 3.72. The molecule has 4 heteroatoms. The molecule has 0 fully saturated rings. The van der Waals surface area contributed by atoms with Crippen molar-refractivity contribution in [3.63, 3.8) is 0 Å². The third-order valence-electron chi connectivity index (χ3n) is 8.47. The summed E-state index contributed by atoms with van der Waals surface area (Å²) in [5, 5.41) is 4.23. The lowest BCUT2D eigenvalue weighted by Gasteiger charge is -2.27. The molecule has 0 N–H and O–H groups in total. The van der Waals surface area contributed by atoms with Crippen LogP contribution in [0.4, 0.5) is 17.1 Å². The van der Waals surface area contributed by atoms with E-state index < -0.39 is 0 Å². The van der Waals surface area contributed by atoms with Crippen molar-refractivity contribution in [3.8, 4) is 22.6 Å². The number of nitrogens with zero attached hydrogens (tertiary/aromatic N) is 2. The molecule has 0 amide bonds. The zero-order valence-corrected chi connectivity index (χ0v) is 24.2. The van der Waals surface area contributed by atoms with E-state index in [1.165, 1.54) is 11.1 Å². The van der Waals surface area contributed by atoms with Gasteiger partial charge in [-0.2, -0.15) is 0 Å². The lowest BCUT2D eigenvalue weighted by molar-refractivity contribution is 0.620. The number of aromatic nitrogens is 1. The fraction of sp³-hybridized carbons (Fsp3) is 0. The molecule has 0 aliphatic carbocycles. The fourth-order valence-electron chi connectivity index (χ4n) is 6.33. The van der Waals surface area contributed by atoms with Gasteiger partial charge in [-0.25, -0.2) is 4.98 Å². The second-order valence-electron chi connectivity index (χ2n) is 11.2. The molecule has 2 heterocycles. The lowest BCUT2D eigenvalue weighted by atomic mass is 10.0. The maximum atomic E-state index is 6.68. The van der Waals surface area contributed by atoms with Crippen molar-refractivity contribution < 1.29 is 8.83 Å². The number of benzene rings is 7. The summed E-state index contributed by atoms with van der Waals surface area (Å²) in [5.74, 6) is 0.589. The quantitative estimate of drug-likeness (QED) is 0.204. The number of rotatable bonds is 5. The van der Waals surface area contributed by atoms with Crippen LogP contribution in [0.15, 0.2) is 167 Å². The first kappa shape index (κ1) is 25.4. The molecular formula is C41H26N2O2. The molecule has 0 spiro atoms. The predicted molar refractivity (Wildman–Crippen MR) is 184 cm³/mol. The van der Waals surface area contributed by atoms with Crippen LogP contribution in [0.25, 0.3) is 66.4 Å². The van der Waals surface area contributed by atoms with E-state index >= 15 is 0 Å². The third kappa shape index (κ3) is 4.27. The average molecular weight is 579 g/mol. The molecule has 0 bridgehead atoms. The summed E-state index contributed by atoms with van der Waals surface area (Å²) in [6, 6.07) is 54.5. The van der Waals surface area contributed by atoms with E-state index in [0.717, 1.165) is 66.4 Å². The van der Waals surface area contributed by atoms with Crippen LogP contribution in [-0.2, 0) is 0 Å². The summed E-state index contributed by atoms with van der Waals surface area (Å²) in [6.07, 6.45) is 0. The summed E-state index contributed by atoms with van der Waals surface area (Å²) in [7, 11) is 0. The van der Waals surface area contributed by atoms with Gasteiger partial charge < -0.3 is 13.7 Å². The zero-order chi connectivity index (χ0) is 29.7. The SMILES string of the molecule is c1ccc(-c2ccc(N(c3ccccc3)c3cc4ccccc4c4oc5ccc(-c6nc7ccccc7o6)cc5c34)cc2)cc1. The van der Waals surface area contributed by atoms with E-state index in [-0.39, 0.29) is 0 Å². The highest BCUT2D eigenvalue weighted by molar-refractivity contribution is 6.22. The van der Waals surface area contributed by atoms with Gasteiger partial charge in [0.15, 0.2) is 5.58 Å². The fourth-order valence-corrected chi connectivity index (χ4v) is 6.33. The number of hydrogen-bond acceptors (Lipinski definition) is 4. The highest BCUT2D eigenvalue weighted by Crippen LogP contribution is 2.46. The topological polar surface area (TPSA) is 42.4 Å². The highest BCUT2D eigenvalue weighted by atomic mass is 16.3. The third-order valence-corrected chi connectivity index (χ3v) is 8.47. The van der Waals surface area contributed by atoms with Crippen LogP contribution in [0, 0.1) is 0 Å². The van der Waals surface area contributed by atoms with Crippen LogP contribution in [-0.4, -0.2) is 4.98 Å². The van der Waals surface area contributed by atoms with Gasteiger partial charge in [-0.1, -0.05) is 97.1 Å². The molecule has 0 aliphatic rings. The van der Waals surface area contributed by atoms with Gasteiger partial charge in [-0.05, 0) is 77.2 Å². The van der Waals surface area contributed by atoms with Crippen molar-refractivity contribution in [2.45, 2.75) is 0 Å². The van der Waals surface area contributed by atoms with Crippen LogP contribution < -0.4 is 4.90 Å². The molecule has 0 unspecified atom stereocenters. The second kappa shape index (κ2) is 10.2. The molecule has 45 heavy (non-hydrogen) atoms. The summed E-state index contributed by atoms with van der Waals surface area (Å²) < 4.78 is 12.9. The summed E-state index contributed by atoms with van der Waals surface area (Å²) in [4.78, 5) is 7.11.